The molecule has 1 aliphatic carbocycles. The summed E-state index contributed by atoms with van der Waals surface area (Å²) in [5.41, 5.74) is 5.16. The summed E-state index contributed by atoms with van der Waals surface area (Å²) in [6.07, 6.45) is 3.75. The molecule has 0 aromatic heterocycles. The van der Waals surface area contributed by atoms with Gasteiger partial charge in [-0.2, -0.15) is 0 Å². The first-order valence-electron chi connectivity index (χ1n) is 8.90. The van der Waals surface area contributed by atoms with Crippen LogP contribution in [0.25, 0.3) is 0 Å². The van der Waals surface area contributed by atoms with Crippen molar-refractivity contribution in [2.24, 2.45) is 11.7 Å². The molecule has 0 spiro atoms. The molecule has 0 unspecified atom stereocenters. The van der Waals surface area contributed by atoms with Crippen LogP contribution >= 0.6 is 0 Å². The Morgan fingerprint density at radius 3 is 2.38 bits per heavy atom. The van der Waals surface area contributed by atoms with E-state index in [0.717, 1.165) is 25.3 Å². The molecule has 140 valence electrons. The smallest absolute Gasteiger partial charge is 0.321 e. The van der Waals surface area contributed by atoms with Crippen molar-refractivity contribution in [2.45, 2.75) is 25.7 Å². The van der Waals surface area contributed by atoms with E-state index in [0.29, 0.717) is 38.3 Å². The van der Waals surface area contributed by atoms with E-state index in [4.69, 9.17) is 5.73 Å². The highest BCUT2D eigenvalue weighted by Crippen LogP contribution is 2.28. The Bertz CT molecular complexity index is 720. The molecule has 8 heteroatoms. The van der Waals surface area contributed by atoms with Gasteiger partial charge in [0.1, 0.15) is 5.82 Å². The Morgan fingerprint density at radius 1 is 1.04 bits per heavy atom. The van der Waals surface area contributed by atoms with Crippen molar-refractivity contribution in [2.75, 3.05) is 31.5 Å². The van der Waals surface area contributed by atoms with Crippen LogP contribution in [0.5, 0.6) is 0 Å². The van der Waals surface area contributed by atoms with Crippen molar-refractivity contribution in [3.63, 3.8) is 0 Å². The Balaban J connectivity index is 1.59. The molecule has 1 heterocycles. The van der Waals surface area contributed by atoms with Gasteiger partial charge in [-0.15, -0.1) is 0 Å². The van der Waals surface area contributed by atoms with E-state index in [-0.39, 0.29) is 23.4 Å². The summed E-state index contributed by atoms with van der Waals surface area (Å²) in [5.74, 6) is -1.26. The van der Waals surface area contributed by atoms with Crippen LogP contribution in [0.15, 0.2) is 18.2 Å². The highest BCUT2D eigenvalue weighted by atomic mass is 19.1. The van der Waals surface area contributed by atoms with Crippen LogP contribution in [0.1, 0.15) is 36.0 Å². The number of amides is 4. The van der Waals surface area contributed by atoms with Gasteiger partial charge in [0.05, 0.1) is 5.56 Å². The number of rotatable bonds is 3. The predicted molar refractivity (Wildman–Crippen MR) is 94.0 cm³/mol. The average molecular weight is 362 g/mol. The van der Waals surface area contributed by atoms with Crippen molar-refractivity contribution in [1.82, 2.24) is 9.80 Å². The molecule has 26 heavy (non-hydrogen) atoms. The number of halogens is 1. The molecule has 4 amide bonds. The number of carbonyl (C=O) groups excluding carboxylic acids is 3. The van der Waals surface area contributed by atoms with Gasteiger partial charge in [0.25, 0.3) is 5.91 Å². The zero-order valence-corrected chi connectivity index (χ0v) is 14.5. The van der Waals surface area contributed by atoms with Crippen LogP contribution in [0, 0.1) is 11.7 Å². The number of hydrogen-bond donors (Lipinski definition) is 2. The van der Waals surface area contributed by atoms with Gasteiger partial charge in [-0.05, 0) is 37.5 Å². The largest absolute Gasteiger partial charge is 0.366 e. The van der Waals surface area contributed by atoms with Crippen LogP contribution in [0.4, 0.5) is 14.9 Å². The normalized spacial score (nSPS) is 18.0. The summed E-state index contributed by atoms with van der Waals surface area (Å²) in [5, 5.41) is 2.66. The van der Waals surface area contributed by atoms with Gasteiger partial charge in [-0.25, -0.2) is 9.18 Å². The van der Waals surface area contributed by atoms with Gasteiger partial charge < -0.3 is 20.9 Å². The van der Waals surface area contributed by atoms with E-state index in [2.05, 4.69) is 5.32 Å². The fraction of sp³-hybridized carbons (Fsp3) is 0.500. The number of nitrogens with one attached hydrogen (secondary N) is 1. The molecule has 2 aliphatic rings. The van der Waals surface area contributed by atoms with E-state index < -0.39 is 11.7 Å². The third kappa shape index (κ3) is 3.95. The molecule has 0 bridgehead atoms. The number of nitrogens with zero attached hydrogens (tertiary/aromatic N) is 2. The lowest BCUT2D eigenvalue weighted by Gasteiger charge is -2.31. The summed E-state index contributed by atoms with van der Waals surface area (Å²) in [7, 11) is 0. The van der Waals surface area contributed by atoms with E-state index in [9.17, 15) is 18.8 Å². The maximum absolute atomic E-state index is 13.5. The zero-order valence-electron chi connectivity index (χ0n) is 14.5. The van der Waals surface area contributed by atoms with Crippen LogP contribution in [0.3, 0.4) is 0 Å². The number of primary amides is 1. The van der Waals surface area contributed by atoms with Crippen molar-refractivity contribution in [1.29, 1.82) is 0 Å². The maximum Gasteiger partial charge on any atom is 0.321 e. The van der Waals surface area contributed by atoms with Gasteiger partial charge in [-0.1, -0.05) is 6.42 Å². The summed E-state index contributed by atoms with van der Waals surface area (Å²) < 4.78 is 13.5. The molecule has 2 fully saturated rings. The van der Waals surface area contributed by atoms with Crippen molar-refractivity contribution >= 4 is 23.5 Å². The van der Waals surface area contributed by atoms with Crippen LogP contribution in [-0.4, -0.2) is 53.8 Å². The molecule has 1 aromatic rings. The second-order valence-corrected chi connectivity index (χ2v) is 6.78. The first-order chi connectivity index (χ1) is 12.5. The first-order valence-corrected chi connectivity index (χ1v) is 8.90. The SMILES string of the molecule is NC(=O)c1cc(NC(=O)N2CCCN(C(=O)C3CCC3)CC2)ccc1F. The van der Waals surface area contributed by atoms with E-state index in [1.807, 2.05) is 4.90 Å². The second kappa shape index (κ2) is 7.72. The molecule has 7 nitrogen and oxygen atoms in total. The average Bonchev–Trinajstić information content (AvgIpc) is 2.81. The van der Waals surface area contributed by atoms with E-state index >= 15 is 0 Å². The van der Waals surface area contributed by atoms with Crippen LogP contribution in [-0.2, 0) is 4.79 Å². The fourth-order valence-electron chi connectivity index (χ4n) is 3.25. The lowest BCUT2D eigenvalue weighted by Crippen LogP contribution is -2.42. The predicted octanol–water partition coefficient (Wildman–Crippen LogP) is 1.79. The maximum atomic E-state index is 13.5. The monoisotopic (exact) mass is 362 g/mol. The number of carbonyl (C=O) groups is 3. The summed E-state index contributed by atoms with van der Waals surface area (Å²) in [6, 6.07) is 3.35. The van der Waals surface area contributed by atoms with E-state index in [1.54, 1.807) is 4.90 Å². The lowest BCUT2D eigenvalue weighted by atomic mass is 9.84. The van der Waals surface area contributed by atoms with Gasteiger partial charge in [0, 0.05) is 37.8 Å². The lowest BCUT2D eigenvalue weighted by molar-refractivity contribution is -0.138. The molecular weight excluding hydrogens is 339 g/mol. The van der Waals surface area contributed by atoms with E-state index in [1.165, 1.54) is 12.1 Å². The summed E-state index contributed by atoms with van der Waals surface area (Å²) in [4.78, 5) is 39.5. The fourth-order valence-corrected chi connectivity index (χ4v) is 3.25. The van der Waals surface area contributed by atoms with Crippen molar-refractivity contribution in [3.8, 4) is 0 Å². The molecule has 3 N–H and O–H groups in total. The minimum atomic E-state index is -0.890. The number of hydrogen-bond acceptors (Lipinski definition) is 3. The highest BCUT2D eigenvalue weighted by Gasteiger charge is 2.31. The molecular formula is C18H23FN4O3. The third-order valence-corrected chi connectivity index (χ3v) is 5.03. The number of benzene rings is 1. The Labute approximate surface area is 151 Å². The Morgan fingerprint density at radius 2 is 1.73 bits per heavy atom. The summed E-state index contributed by atoms with van der Waals surface area (Å²) in [6.45, 7) is 2.14. The molecule has 1 saturated heterocycles. The minimum absolute atomic E-state index is 0.154. The molecule has 1 saturated carbocycles. The topological polar surface area (TPSA) is 95.7 Å². The minimum Gasteiger partial charge on any atom is -0.366 e. The summed E-state index contributed by atoms with van der Waals surface area (Å²) >= 11 is 0. The second-order valence-electron chi connectivity index (χ2n) is 6.78. The highest BCUT2D eigenvalue weighted by molar-refractivity contribution is 5.96. The van der Waals surface area contributed by atoms with Gasteiger partial charge in [0.15, 0.2) is 0 Å². The number of urea groups is 1. The first kappa shape index (κ1) is 18.2. The van der Waals surface area contributed by atoms with Crippen molar-refractivity contribution in [3.05, 3.63) is 29.6 Å². The number of anilines is 1. The molecule has 0 atom stereocenters. The molecule has 0 radical (unpaired) electrons. The van der Waals surface area contributed by atoms with Crippen LogP contribution in [0.2, 0.25) is 0 Å². The molecule has 1 aliphatic heterocycles. The van der Waals surface area contributed by atoms with Crippen molar-refractivity contribution < 1.29 is 18.8 Å². The Kier molecular flexibility index (Phi) is 5.39. The third-order valence-electron chi connectivity index (χ3n) is 5.03. The standard InChI is InChI=1S/C18H23FN4O3/c19-15-6-5-13(11-14(15)16(20)24)21-18(26)23-8-2-7-22(9-10-23)17(25)12-3-1-4-12/h5-6,11-12H,1-4,7-10H2,(H2,20,24)(H,21,26). The van der Waals surface area contributed by atoms with Gasteiger partial charge in [0.2, 0.25) is 5.91 Å². The molecule has 3 rings (SSSR count). The number of nitrogens with two attached hydrogens (primary N) is 1. The zero-order chi connectivity index (χ0) is 18.7. The van der Waals surface area contributed by atoms with Crippen LogP contribution < -0.4 is 11.1 Å². The van der Waals surface area contributed by atoms with Gasteiger partial charge in [-0.3, -0.25) is 9.59 Å². The molecule has 1 aromatic carbocycles. The van der Waals surface area contributed by atoms with Gasteiger partial charge >= 0.3 is 6.03 Å². The quantitative estimate of drug-likeness (QED) is 0.858. The Hall–Kier alpha value is -2.64.